The molecule has 1 fully saturated rings. The number of aliphatic hydroxyl groups excluding tert-OH is 1. The van der Waals surface area contributed by atoms with Gasteiger partial charge in [0.1, 0.15) is 11.8 Å². The number of thioether (sulfide) groups is 1. The lowest BCUT2D eigenvalue weighted by molar-refractivity contribution is -0.147. The first-order valence-electron chi connectivity index (χ1n) is 12.6. The third-order valence-corrected chi connectivity index (χ3v) is 7.12. The maximum atomic E-state index is 13.4. The van der Waals surface area contributed by atoms with Gasteiger partial charge in [-0.15, -0.1) is 11.8 Å². The third-order valence-electron chi connectivity index (χ3n) is 6.11. The number of aryl methyl sites for hydroxylation is 1. The van der Waals surface area contributed by atoms with E-state index in [1.165, 1.54) is 16.7 Å². The number of hydrogen-bond acceptors (Lipinski definition) is 7. The summed E-state index contributed by atoms with van der Waals surface area (Å²) in [4.78, 5) is 40.6. The zero-order chi connectivity index (χ0) is 27.9. The summed E-state index contributed by atoms with van der Waals surface area (Å²) in [6, 6.07) is 13.2. The fraction of sp³-hybridized carbons (Fsp3) is 0.464. The van der Waals surface area contributed by atoms with Crippen molar-refractivity contribution in [2.45, 2.75) is 64.4 Å². The molecule has 0 aliphatic carbocycles. The van der Waals surface area contributed by atoms with Crippen molar-refractivity contribution < 1.29 is 24.2 Å². The second-order valence-electron chi connectivity index (χ2n) is 10.4. The molecule has 0 aromatic heterocycles. The number of carbonyl (C=O) groups is 3. The molecule has 0 saturated carbocycles. The van der Waals surface area contributed by atoms with Crippen molar-refractivity contribution in [1.29, 1.82) is 0 Å². The van der Waals surface area contributed by atoms with Crippen LogP contribution in [0.4, 0.5) is 0 Å². The molecule has 3 rings (SSSR count). The quantitative estimate of drug-likeness (QED) is 0.359. The van der Waals surface area contributed by atoms with Gasteiger partial charge >= 0.3 is 0 Å². The Morgan fingerprint density at radius 3 is 2.53 bits per heavy atom. The fourth-order valence-corrected chi connectivity index (χ4v) is 5.41. The number of amides is 3. The lowest BCUT2D eigenvalue weighted by atomic mass is 9.99. The highest BCUT2D eigenvalue weighted by molar-refractivity contribution is 7.99. The van der Waals surface area contributed by atoms with Gasteiger partial charge in [-0.2, -0.15) is 0 Å². The minimum atomic E-state index is -1.55. The number of rotatable bonds is 10. The standard InChI is InChI=1S/C28H38N4O5S/c1-18-9-8-12-20(14-29)25(18)37-15-23(33)30-21(13-19-10-6-5-7-11-19)24(34)27(36)32-17-38-16-22(32)26(35)31-28(2,3)4/h5-12,21-22,24,34H,13-17,29H2,1-4H3,(H,30,33)(H,31,35)/t21-,22-,24-/m0/s1. The molecule has 1 aliphatic heterocycles. The van der Waals surface area contributed by atoms with E-state index in [4.69, 9.17) is 10.5 Å². The topological polar surface area (TPSA) is 134 Å². The van der Waals surface area contributed by atoms with Crippen LogP contribution in [-0.2, 0) is 27.3 Å². The summed E-state index contributed by atoms with van der Waals surface area (Å²) in [5, 5.41) is 16.9. The van der Waals surface area contributed by atoms with Gasteiger partial charge in [-0.1, -0.05) is 48.5 Å². The van der Waals surface area contributed by atoms with Crippen LogP contribution in [0.3, 0.4) is 0 Å². The largest absolute Gasteiger partial charge is 0.483 e. The lowest BCUT2D eigenvalue weighted by Crippen LogP contribution is -2.58. The van der Waals surface area contributed by atoms with Crippen LogP contribution < -0.4 is 21.1 Å². The average Bonchev–Trinajstić information content (AvgIpc) is 3.36. The summed E-state index contributed by atoms with van der Waals surface area (Å²) in [5.74, 6) is -0.0961. The molecule has 0 radical (unpaired) electrons. The molecule has 206 valence electrons. The predicted octanol–water partition coefficient (Wildman–Crippen LogP) is 1.74. The second-order valence-corrected chi connectivity index (χ2v) is 11.4. The Morgan fingerprint density at radius 2 is 1.87 bits per heavy atom. The molecule has 1 saturated heterocycles. The molecular formula is C28H38N4O5S. The van der Waals surface area contributed by atoms with Crippen LogP contribution in [-0.4, -0.2) is 69.7 Å². The lowest BCUT2D eigenvalue weighted by Gasteiger charge is -2.31. The van der Waals surface area contributed by atoms with Gasteiger partial charge in [-0.05, 0) is 45.2 Å². The summed E-state index contributed by atoms with van der Waals surface area (Å²) in [5.41, 5.74) is 7.82. The molecule has 1 aliphatic rings. The highest BCUT2D eigenvalue weighted by atomic mass is 32.2. The molecule has 9 nitrogen and oxygen atoms in total. The molecular weight excluding hydrogens is 504 g/mol. The first kappa shape index (κ1) is 29.5. The van der Waals surface area contributed by atoms with E-state index < -0.39 is 35.5 Å². The predicted molar refractivity (Wildman–Crippen MR) is 149 cm³/mol. The Bertz CT molecular complexity index is 1120. The zero-order valence-electron chi connectivity index (χ0n) is 22.4. The molecule has 2 aromatic rings. The SMILES string of the molecule is Cc1cccc(CN)c1OCC(=O)N[C@@H](Cc1ccccc1)[C@H](O)C(=O)N1CSC[C@H]1C(=O)NC(C)(C)C. The first-order chi connectivity index (χ1) is 18.0. The molecule has 2 aromatic carbocycles. The van der Waals surface area contributed by atoms with Gasteiger partial charge in [0.15, 0.2) is 12.7 Å². The van der Waals surface area contributed by atoms with Gasteiger partial charge < -0.3 is 31.1 Å². The molecule has 3 atom stereocenters. The minimum absolute atomic E-state index is 0.220. The molecule has 0 spiro atoms. The van der Waals surface area contributed by atoms with Crippen molar-refractivity contribution in [2.24, 2.45) is 5.73 Å². The highest BCUT2D eigenvalue weighted by Gasteiger charge is 2.40. The normalized spacial score (nSPS) is 17.0. The second kappa shape index (κ2) is 13.1. The number of nitrogens with zero attached hydrogens (tertiary/aromatic N) is 1. The Morgan fingerprint density at radius 1 is 1.16 bits per heavy atom. The molecule has 3 amide bonds. The van der Waals surface area contributed by atoms with E-state index in [1.807, 2.05) is 76.2 Å². The number of para-hydroxylation sites is 1. The first-order valence-corrected chi connectivity index (χ1v) is 13.8. The third kappa shape index (κ3) is 7.96. The number of aliphatic hydroxyl groups is 1. The smallest absolute Gasteiger partial charge is 0.258 e. The fourth-order valence-electron chi connectivity index (χ4n) is 4.25. The summed E-state index contributed by atoms with van der Waals surface area (Å²) >= 11 is 1.45. The Hall–Kier alpha value is -3.08. The van der Waals surface area contributed by atoms with Crippen molar-refractivity contribution in [3.8, 4) is 5.75 Å². The molecule has 5 N–H and O–H groups in total. The average molecular weight is 543 g/mol. The van der Waals surface area contributed by atoms with E-state index >= 15 is 0 Å². The van der Waals surface area contributed by atoms with E-state index in [0.717, 1.165) is 16.7 Å². The number of hydrogen-bond donors (Lipinski definition) is 4. The zero-order valence-corrected chi connectivity index (χ0v) is 23.2. The highest BCUT2D eigenvalue weighted by Crippen LogP contribution is 2.24. The van der Waals surface area contributed by atoms with Gasteiger partial charge in [0.05, 0.1) is 11.9 Å². The number of nitrogens with one attached hydrogen (secondary N) is 2. The maximum Gasteiger partial charge on any atom is 0.258 e. The minimum Gasteiger partial charge on any atom is -0.483 e. The van der Waals surface area contributed by atoms with E-state index in [1.54, 1.807) is 0 Å². The monoisotopic (exact) mass is 542 g/mol. The van der Waals surface area contributed by atoms with Crippen LogP contribution in [0.1, 0.15) is 37.5 Å². The number of carbonyl (C=O) groups excluding carboxylic acids is 3. The number of ether oxygens (including phenoxy) is 1. The Labute approximate surface area is 228 Å². The van der Waals surface area contributed by atoms with Crippen LogP contribution >= 0.6 is 11.8 Å². The number of nitrogens with two attached hydrogens (primary N) is 1. The van der Waals surface area contributed by atoms with E-state index in [9.17, 15) is 19.5 Å². The van der Waals surface area contributed by atoms with E-state index in [0.29, 0.717) is 11.5 Å². The molecule has 38 heavy (non-hydrogen) atoms. The number of benzene rings is 2. The molecule has 10 heteroatoms. The Kier molecular flexibility index (Phi) is 10.2. The van der Waals surface area contributed by atoms with Crippen LogP contribution in [0, 0.1) is 6.92 Å². The van der Waals surface area contributed by atoms with Crippen molar-refractivity contribution in [2.75, 3.05) is 18.2 Å². The van der Waals surface area contributed by atoms with Gasteiger partial charge in [0.25, 0.3) is 11.8 Å². The van der Waals surface area contributed by atoms with Gasteiger partial charge in [-0.25, -0.2) is 0 Å². The van der Waals surface area contributed by atoms with Gasteiger partial charge in [0, 0.05) is 23.4 Å². The molecule has 0 bridgehead atoms. The van der Waals surface area contributed by atoms with Crippen LogP contribution in [0.25, 0.3) is 0 Å². The van der Waals surface area contributed by atoms with E-state index in [2.05, 4.69) is 10.6 Å². The summed E-state index contributed by atoms with van der Waals surface area (Å²) in [7, 11) is 0. The summed E-state index contributed by atoms with van der Waals surface area (Å²) in [6.45, 7) is 7.44. The molecule has 0 unspecified atom stereocenters. The van der Waals surface area contributed by atoms with Crippen molar-refractivity contribution in [3.63, 3.8) is 0 Å². The summed E-state index contributed by atoms with van der Waals surface area (Å²) < 4.78 is 5.78. The van der Waals surface area contributed by atoms with Crippen LogP contribution in [0.5, 0.6) is 5.75 Å². The summed E-state index contributed by atoms with van der Waals surface area (Å²) in [6.07, 6.45) is -1.33. The van der Waals surface area contributed by atoms with E-state index in [-0.39, 0.29) is 31.4 Å². The van der Waals surface area contributed by atoms with Crippen LogP contribution in [0.15, 0.2) is 48.5 Å². The van der Waals surface area contributed by atoms with Crippen LogP contribution in [0.2, 0.25) is 0 Å². The van der Waals surface area contributed by atoms with Gasteiger partial charge in [0.2, 0.25) is 5.91 Å². The van der Waals surface area contributed by atoms with Gasteiger partial charge in [-0.3, -0.25) is 14.4 Å². The van der Waals surface area contributed by atoms with Crippen molar-refractivity contribution in [1.82, 2.24) is 15.5 Å². The maximum absolute atomic E-state index is 13.4. The van der Waals surface area contributed by atoms with Crippen molar-refractivity contribution in [3.05, 3.63) is 65.2 Å². The molecule has 1 heterocycles. The van der Waals surface area contributed by atoms with Crippen molar-refractivity contribution >= 4 is 29.5 Å². The Balaban J connectivity index is 1.74.